The highest BCUT2D eigenvalue weighted by Crippen LogP contribution is 2.54. The van der Waals surface area contributed by atoms with E-state index in [-0.39, 0.29) is 11.8 Å². The van der Waals surface area contributed by atoms with E-state index in [0.717, 1.165) is 21.4 Å². The van der Waals surface area contributed by atoms with E-state index < -0.39 is 5.41 Å². The van der Waals surface area contributed by atoms with Crippen LogP contribution in [-0.2, 0) is 4.79 Å². The molecule has 0 heterocycles. The van der Waals surface area contributed by atoms with Crippen LogP contribution in [0.15, 0.2) is 53.1 Å². The highest BCUT2D eigenvalue weighted by atomic mass is 79.9. The van der Waals surface area contributed by atoms with Gasteiger partial charge in [0.25, 0.3) is 0 Å². The predicted molar refractivity (Wildman–Crippen MR) is 96.3 cm³/mol. The fraction of sp³-hybridized carbons (Fsp3) is 0.263. The molecule has 0 amide bonds. The second kappa shape index (κ2) is 6.29. The van der Waals surface area contributed by atoms with Gasteiger partial charge >= 0.3 is 0 Å². The molecule has 0 radical (unpaired) electrons. The van der Waals surface area contributed by atoms with Crippen molar-refractivity contribution in [1.29, 1.82) is 5.26 Å². The van der Waals surface area contributed by atoms with Crippen molar-refractivity contribution >= 4 is 27.3 Å². The summed E-state index contributed by atoms with van der Waals surface area (Å²) in [5.41, 5.74) is 1.73. The first-order valence-electron chi connectivity index (χ1n) is 7.60. The average Bonchev–Trinajstić information content (AvgIpc) is 2.89. The quantitative estimate of drug-likeness (QED) is 0.589. The van der Waals surface area contributed by atoms with Crippen molar-refractivity contribution in [3.63, 3.8) is 0 Å². The number of hydrogen-bond donors (Lipinski definition) is 0. The Morgan fingerprint density at radius 2 is 1.92 bits per heavy atom. The fourth-order valence-corrected chi connectivity index (χ4v) is 4.38. The van der Waals surface area contributed by atoms with Crippen LogP contribution >= 0.6 is 15.9 Å². The van der Waals surface area contributed by atoms with E-state index in [1.807, 2.05) is 36.4 Å². The minimum Gasteiger partial charge on any atom is -0.497 e. The van der Waals surface area contributed by atoms with Crippen LogP contribution in [0.1, 0.15) is 12.0 Å². The van der Waals surface area contributed by atoms with Crippen molar-refractivity contribution in [3.05, 3.63) is 58.6 Å². The van der Waals surface area contributed by atoms with E-state index in [2.05, 4.69) is 22.1 Å². The van der Waals surface area contributed by atoms with Crippen LogP contribution in [0.5, 0.6) is 5.75 Å². The molecule has 2 aliphatic rings. The van der Waals surface area contributed by atoms with Crippen LogP contribution in [0.4, 0.5) is 0 Å². The van der Waals surface area contributed by atoms with Gasteiger partial charge in [-0.2, -0.15) is 5.26 Å². The summed E-state index contributed by atoms with van der Waals surface area (Å²) in [6.07, 6.45) is 10.0. The van der Waals surface area contributed by atoms with Gasteiger partial charge in [0.2, 0.25) is 0 Å². The largest absolute Gasteiger partial charge is 0.497 e. The minimum absolute atomic E-state index is 0.0112. The summed E-state index contributed by atoms with van der Waals surface area (Å²) in [6, 6.07) is 7.78. The number of halogens is 1. The van der Waals surface area contributed by atoms with Gasteiger partial charge in [0.1, 0.15) is 5.75 Å². The molecule has 0 saturated carbocycles. The van der Waals surface area contributed by atoms with E-state index in [1.165, 1.54) is 0 Å². The van der Waals surface area contributed by atoms with Crippen LogP contribution in [-0.4, -0.2) is 30.9 Å². The number of benzene rings is 1. The number of methoxy groups -OCH3 is 1. The van der Waals surface area contributed by atoms with E-state index in [0.29, 0.717) is 6.42 Å². The summed E-state index contributed by atoms with van der Waals surface area (Å²) in [4.78, 5) is 13.2. The normalized spacial score (nSPS) is 21.2. The second-order valence-corrected chi connectivity index (χ2v) is 6.85. The molecule has 0 fully saturated rings. The number of nitriles is 1. The lowest BCUT2D eigenvalue weighted by Crippen LogP contribution is -2.28. The number of carbonyl (C=O) groups is 1. The van der Waals surface area contributed by atoms with Crippen molar-refractivity contribution in [1.82, 2.24) is 4.90 Å². The van der Waals surface area contributed by atoms with E-state index in [4.69, 9.17) is 4.74 Å². The summed E-state index contributed by atoms with van der Waals surface area (Å²) in [5, 5.41) is 9.29. The Labute approximate surface area is 149 Å². The third-order valence-electron chi connectivity index (χ3n) is 4.62. The van der Waals surface area contributed by atoms with Crippen LogP contribution in [0.3, 0.4) is 0 Å². The molecule has 122 valence electrons. The number of hydrogen-bond acceptors (Lipinski definition) is 4. The van der Waals surface area contributed by atoms with Gasteiger partial charge in [0, 0.05) is 16.9 Å². The van der Waals surface area contributed by atoms with Gasteiger partial charge < -0.3 is 9.64 Å². The third-order valence-corrected chi connectivity index (χ3v) is 5.55. The van der Waals surface area contributed by atoms with E-state index in [1.54, 1.807) is 31.2 Å². The van der Waals surface area contributed by atoms with Crippen LogP contribution < -0.4 is 4.74 Å². The lowest BCUT2D eigenvalue weighted by Gasteiger charge is -2.29. The van der Waals surface area contributed by atoms with E-state index in [9.17, 15) is 10.1 Å². The Morgan fingerprint density at radius 1 is 1.29 bits per heavy atom. The van der Waals surface area contributed by atoms with Gasteiger partial charge in [0.05, 0.1) is 13.2 Å². The molecule has 0 N–H and O–H groups in total. The van der Waals surface area contributed by atoms with Gasteiger partial charge in [-0.1, -0.05) is 40.2 Å². The first-order valence-corrected chi connectivity index (χ1v) is 8.39. The Morgan fingerprint density at radius 3 is 2.46 bits per heavy atom. The average molecular weight is 385 g/mol. The summed E-state index contributed by atoms with van der Waals surface area (Å²) in [6.45, 7) is 0. The van der Waals surface area contributed by atoms with Crippen molar-refractivity contribution in [2.75, 3.05) is 14.2 Å². The molecule has 0 aliphatic heterocycles. The molecule has 1 aromatic rings. The number of likely N-dealkylation sites (N-methyl/N-ethyl adjacent to an activating group) is 1. The molecule has 4 nitrogen and oxygen atoms in total. The molecule has 5 heteroatoms. The molecule has 2 aliphatic carbocycles. The van der Waals surface area contributed by atoms with Crippen molar-refractivity contribution in [3.8, 4) is 11.9 Å². The van der Waals surface area contributed by atoms with Gasteiger partial charge in [0.15, 0.2) is 12.0 Å². The highest BCUT2D eigenvalue weighted by molar-refractivity contribution is 9.12. The zero-order valence-electron chi connectivity index (χ0n) is 13.5. The minimum atomic E-state index is -0.392. The number of allylic oxidation sites excluding steroid dienone is 5. The molecule has 1 spiro atoms. The lowest BCUT2D eigenvalue weighted by atomic mass is 9.75. The Balaban J connectivity index is 2.13. The maximum Gasteiger partial charge on any atom is 0.179 e. The number of ketones is 1. The fourth-order valence-electron chi connectivity index (χ4n) is 3.32. The van der Waals surface area contributed by atoms with Crippen LogP contribution in [0.25, 0.3) is 5.57 Å². The molecule has 0 saturated heterocycles. The van der Waals surface area contributed by atoms with Crippen LogP contribution in [0.2, 0.25) is 0 Å². The molecule has 1 atom stereocenters. The summed E-state index contributed by atoms with van der Waals surface area (Å²) in [5.74, 6) is 0.779. The Bertz CT molecular complexity index is 784. The molecule has 0 unspecified atom stereocenters. The first-order chi connectivity index (χ1) is 11.5. The number of carbonyl (C=O) groups excluding carboxylic acids is 1. The Hall–Kier alpha value is -2.32. The molecule has 1 aromatic carbocycles. The third kappa shape index (κ3) is 2.67. The lowest BCUT2D eigenvalue weighted by molar-refractivity contribution is -0.110. The summed E-state index contributed by atoms with van der Waals surface area (Å²) >= 11 is 3.71. The van der Waals surface area contributed by atoms with Crippen LogP contribution in [0, 0.1) is 16.9 Å². The monoisotopic (exact) mass is 384 g/mol. The smallest absolute Gasteiger partial charge is 0.179 e. The molecule has 0 aromatic heterocycles. The van der Waals surface area contributed by atoms with E-state index >= 15 is 0 Å². The highest BCUT2D eigenvalue weighted by Gasteiger charge is 2.44. The maximum absolute atomic E-state index is 11.6. The SMILES string of the molecule is COc1ccc(C2=C(Br)[C@@H](N(C)C#N)CC23C=CC(=O)C=C3)cc1. The van der Waals surface area contributed by atoms with Gasteiger partial charge in [-0.3, -0.25) is 4.79 Å². The first kappa shape index (κ1) is 16.5. The molecular weight excluding hydrogens is 368 g/mol. The standard InChI is InChI=1S/C19H17BrN2O2/c1-22(12-21)16-11-19(9-7-14(23)8-10-19)17(18(16)20)13-3-5-15(24-2)6-4-13/h3-10,16H,11H2,1-2H3/t16-/m0/s1. The second-order valence-electron chi connectivity index (χ2n) is 5.99. The number of rotatable bonds is 3. The molecular formula is C19H17BrN2O2. The van der Waals surface area contributed by atoms with Gasteiger partial charge in [-0.15, -0.1) is 0 Å². The topological polar surface area (TPSA) is 53.3 Å². The summed E-state index contributed by atoms with van der Waals surface area (Å²) < 4.78 is 6.21. The zero-order chi connectivity index (χ0) is 17.3. The molecule has 0 bridgehead atoms. The number of nitrogens with zero attached hydrogens (tertiary/aromatic N) is 2. The summed E-state index contributed by atoms with van der Waals surface area (Å²) in [7, 11) is 3.41. The van der Waals surface area contributed by atoms with Gasteiger partial charge in [-0.05, 0) is 41.8 Å². The number of ether oxygens (including phenoxy) is 1. The van der Waals surface area contributed by atoms with Crippen molar-refractivity contribution in [2.24, 2.45) is 5.41 Å². The maximum atomic E-state index is 11.6. The van der Waals surface area contributed by atoms with Gasteiger partial charge in [-0.25, -0.2) is 0 Å². The van der Waals surface area contributed by atoms with Crippen molar-refractivity contribution < 1.29 is 9.53 Å². The predicted octanol–water partition coefficient (Wildman–Crippen LogP) is 3.67. The zero-order valence-corrected chi connectivity index (χ0v) is 15.1. The van der Waals surface area contributed by atoms with Crippen molar-refractivity contribution in [2.45, 2.75) is 12.5 Å². The molecule has 3 rings (SSSR count). The molecule has 24 heavy (non-hydrogen) atoms. The Kier molecular flexibility index (Phi) is 4.33.